The van der Waals surface area contributed by atoms with Crippen molar-refractivity contribution in [1.29, 1.82) is 0 Å². The van der Waals surface area contributed by atoms with E-state index in [1.165, 1.54) is 0 Å². The normalized spacial score (nSPS) is 14.4. The van der Waals surface area contributed by atoms with Gasteiger partial charge < -0.3 is 9.47 Å². The predicted octanol–water partition coefficient (Wildman–Crippen LogP) is 2.77. The first-order valence-corrected chi connectivity index (χ1v) is 4.75. The average molecular weight is 214 g/mol. The van der Waals surface area contributed by atoms with Crippen LogP contribution in [0.25, 0.3) is 0 Å². The predicted molar refractivity (Wildman–Crippen MR) is 47.2 cm³/mol. The van der Waals surface area contributed by atoms with Gasteiger partial charge in [-0.3, -0.25) is 0 Å². The maximum absolute atomic E-state index is 11.9. The Labute approximate surface area is 82.4 Å². The summed E-state index contributed by atoms with van der Waals surface area (Å²) in [5, 5.41) is 0. The monoisotopic (exact) mass is 214 g/mol. The SMILES string of the molecule is CCOCC(CCC(F)(F)F)OCC. The number of rotatable bonds is 7. The van der Waals surface area contributed by atoms with Crippen molar-refractivity contribution >= 4 is 0 Å². The van der Waals surface area contributed by atoms with Crippen molar-refractivity contribution in [2.75, 3.05) is 19.8 Å². The Kier molecular flexibility index (Phi) is 6.92. The highest BCUT2D eigenvalue weighted by Crippen LogP contribution is 2.23. The molecule has 0 aliphatic rings. The summed E-state index contributed by atoms with van der Waals surface area (Å²) in [4.78, 5) is 0. The third-order valence-corrected chi connectivity index (χ3v) is 1.66. The molecule has 0 heterocycles. The highest BCUT2D eigenvalue weighted by Gasteiger charge is 2.28. The van der Waals surface area contributed by atoms with E-state index in [-0.39, 0.29) is 13.0 Å². The van der Waals surface area contributed by atoms with Gasteiger partial charge in [-0.05, 0) is 20.3 Å². The van der Waals surface area contributed by atoms with Gasteiger partial charge in [0.2, 0.25) is 0 Å². The molecule has 0 radical (unpaired) electrons. The van der Waals surface area contributed by atoms with Crippen molar-refractivity contribution in [2.24, 2.45) is 0 Å². The molecule has 0 aromatic rings. The van der Waals surface area contributed by atoms with Crippen LogP contribution in [-0.4, -0.2) is 32.1 Å². The molecule has 0 fully saturated rings. The van der Waals surface area contributed by atoms with Crippen LogP contribution in [0.3, 0.4) is 0 Å². The molecule has 1 unspecified atom stereocenters. The zero-order valence-electron chi connectivity index (χ0n) is 8.56. The fourth-order valence-corrected chi connectivity index (χ4v) is 1.02. The van der Waals surface area contributed by atoms with E-state index < -0.39 is 18.7 Å². The van der Waals surface area contributed by atoms with Gasteiger partial charge in [0.1, 0.15) is 0 Å². The van der Waals surface area contributed by atoms with Gasteiger partial charge in [-0.2, -0.15) is 13.2 Å². The van der Waals surface area contributed by atoms with Gasteiger partial charge in [-0.25, -0.2) is 0 Å². The minimum Gasteiger partial charge on any atom is -0.379 e. The Morgan fingerprint density at radius 2 is 1.79 bits per heavy atom. The van der Waals surface area contributed by atoms with Gasteiger partial charge >= 0.3 is 6.18 Å². The van der Waals surface area contributed by atoms with Gasteiger partial charge in [-0.15, -0.1) is 0 Å². The molecule has 0 aliphatic carbocycles. The summed E-state index contributed by atoms with van der Waals surface area (Å²) in [7, 11) is 0. The standard InChI is InChI=1S/C9H17F3O2/c1-3-13-7-8(14-4-2)5-6-9(10,11)12/h8H,3-7H2,1-2H3. The summed E-state index contributed by atoms with van der Waals surface area (Å²) in [5.41, 5.74) is 0. The molecular formula is C9H17F3O2. The fourth-order valence-electron chi connectivity index (χ4n) is 1.02. The van der Waals surface area contributed by atoms with E-state index in [0.717, 1.165) is 0 Å². The molecule has 0 rings (SSSR count). The van der Waals surface area contributed by atoms with Crippen LogP contribution in [-0.2, 0) is 9.47 Å². The molecule has 2 nitrogen and oxygen atoms in total. The molecule has 0 aliphatic heterocycles. The van der Waals surface area contributed by atoms with Crippen LogP contribution in [0.1, 0.15) is 26.7 Å². The molecule has 0 saturated heterocycles. The Hall–Kier alpha value is -0.290. The van der Waals surface area contributed by atoms with Crippen molar-refractivity contribution in [3.8, 4) is 0 Å². The maximum Gasteiger partial charge on any atom is 0.389 e. The minimum atomic E-state index is -4.11. The van der Waals surface area contributed by atoms with Crippen LogP contribution in [0, 0.1) is 0 Å². The second-order valence-electron chi connectivity index (χ2n) is 2.89. The van der Waals surface area contributed by atoms with Crippen LogP contribution in [0.4, 0.5) is 13.2 Å². The second-order valence-corrected chi connectivity index (χ2v) is 2.89. The molecule has 0 N–H and O–H groups in total. The third-order valence-electron chi connectivity index (χ3n) is 1.66. The molecule has 0 aromatic heterocycles. The lowest BCUT2D eigenvalue weighted by Crippen LogP contribution is -2.22. The van der Waals surface area contributed by atoms with E-state index in [4.69, 9.17) is 9.47 Å². The zero-order chi connectivity index (χ0) is 11.0. The van der Waals surface area contributed by atoms with Gasteiger partial charge in [0, 0.05) is 19.6 Å². The van der Waals surface area contributed by atoms with Crippen LogP contribution in [0.2, 0.25) is 0 Å². The summed E-state index contributed by atoms with van der Waals surface area (Å²) in [6, 6.07) is 0. The quantitative estimate of drug-likeness (QED) is 0.648. The molecule has 1 atom stereocenters. The molecule has 14 heavy (non-hydrogen) atoms. The Bertz CT molecular complexity index is 137. The summed E-state index contributed by atoms with van der Waals surface area (Å²) >= 11 is 0. The molecule has 0 amide bonds. The van der Waals surface area contributed by atoms with E-state index in [9.17, 15) is 13.2 Å². The smallest absolute Gasteiger partial charge is 0.379 e. The lowest BCUT2D eigenvalue weighted by Gasteiger charge is -2.17. The van der Waals surface area contributed by atoms with Gasteiger partial charge in [-0.1, -0.05) is 0 Å². The van der Waals surface area contributed by atoms with Crippen molar-refractivity contribution in [2.45, 2.75) is 39.0 Å². The van der Waals surface area contributed by atoms with E-state index in [2.05, 4.69) is 0 Å². The van der Waals surface area contributed by atoms with E-state index in [1.807, 2.05) is 0 Å². The molecule has 0 bridgehead atoms. The lowest BCUT2D eigenvalue weighted by molar-refractivity contribution is -0.144. The van der Waals surface area contributed by atoms with E-state index >= 15 is 0 Å². The molecular weight excluding hydrogens is 197 g/mol. The van der Waals surface area contributed by atoms with Crippen LogP contribution in [0.15, 0.2) is 0 Å². The zero-order valence-corrected chi connectivity index (χ0v) is 8.56. The largest absolute Gasteiger partial charge is 0.389 e. The topological polar surface area (TPSA) is 18.5 Å². The molecule has 5 heteroatoms. The highest BCUT2D eigenvalue weighted by molar-refractivity contribution is 4.61. The number of alkyl halides is 3. The molecule has 0 spiro atoms. The third kappa shape index (κ3) is 8.31. The van der Waals surface area contributed by atoms with Crippen LogP contribution in [0.5, 0.6) is 0 Å². The molecule has 0 saturated carbocycles. The van der Waals surface area contributed by atoms with Gasteiger partial charge in [0.05, 0.1) is 12.7 Å². The van der Waals surface area contributed by atoms with E-state index in [0.29, 0.717) is 13.2 Å². The van der Waals surface area contributed by atoms with Gasteiger partial charge in [0.15, 0.2) is 0 Å². The molecule has 0 aromatic carbocycles. The first-order chi connectivity index (χ1) is 6.49. The number of hydrogen-bond acceptors (Lipinski definition) is 2. The van der Waals surface area contributed by atoms with Crippen molar-refractivity contribution < 1.29 is 22.6 Å². The first-order valence-electron chi connectivity index (χ1n) is 4.75. The van der Waals surface area contributed by atoms with Crippen molar-refractivity contribution in [1.82, 2.24) is 0 Å². The highest BCUT2D eigenvalue weighted by atomic mass is 19.4. The Balaban J connectivity index is 3.72. The fraction of sp³-hybridized carbons (Fsp3) is 1.00. The van der Waals surface area contributed by atoms with Crippen LogP contribution >= 0.6 is 0 Å². The Morgan fingerprint density at radius 1 is 1.14 bits per heavy atom. The number of hydrogen-bond donors (Lipinski definition) is 0. The second kappa shape index (κ2) is 7.06. The summed E-state index contributed by atoms with van der Waals surface area (Å²) in [6.07, 6.45) is -5.40. The minimum absolute atomic E-state index is 0.0304. The van der Waals surface area contributed by atoms with Gasteiger partial charge in [0.25, 0.3) is 0 Å². The average Bonchev–Trinajstić information content (AvgIpc) is 2.08. The van der Waals surface area contributed by atoms with E-state index in [1.54, 1.807) is 13.8 Å². The summed E-state index contributed by atoms with van der Waals surface area (Å²) in [6.45, 7) is 4.70. The first kappa shape index (κ1) is 13.7. The number of ether oxygens (including phenoxy) is 2. The Morgan fingerprint density at radius 3 is 2.21 bits per heavy atom. The lowest BCUT2D eigenvalue weighted by atomic mass is 10.2. The summed E-state index contributed by atoms with van der Waals surface area (Å²) in [5.74, 6) is 0. The maximum atomic E-state index is 11.9. The molecule has 86 valence electrons. The van der Waals surface area contributed by atoms with Crippen molar-refractivity contribution in [3.63, 3.8) is 0 Å². The van der Waals surface area contributed by atoms with Crippen LogP contribution < -0.4 is 0 Å². The number of halogens is 3. The summed E-state index contributed by atoms with van der Waals surface area (Å²) < 4.78 is 45.8. The van der Waals surface area contributed by atoms with Crippen molar-refractivity contribution in [3.05, 3.63) is 0 Å².